The van der Waals surface area contributed by atoms with Crippen LogP contribution in [0.4, 0.5) is 15.8 Å². The van der Waals surface area contributed by atoms with Crippen LogP contribution in [0, 0.1) is 5.82 Å². The Hall–Kier alpha value is -3.09. The van der Waals surface area contributed by atoms with E-state index in [0.29, 0.717) is 5.02 Å². The Morgan fingerprint density at radius 2 is 1.61 bits per heavy atom. The van der Waals surface area contributed by atoms with Crippen LogP contribution in [0.2, 0.25) is 5.02 Å². The highest BCUT2D eigenvalue weighted by atomic mass is 35.5. The Labute approximate surface area is 188 Å². The van der Waals surface area contributed by atoms with Crippen molar-refractivity contribution in [1.29, 1.82) is 0 Å². The molecule has 156 valence electrons. The zero-order chi connectivity index (χ0) is 22.0. The fraction of sp³-hybridized carbons (Fsp3) is 0.0833. The number of rotatable bonds is 6. The van der Waals surface area contributed by atoms with Gasteiger partial charge in [-0.15, -0.1) is 0 Å². The lowest BCUT2D eigenvalue weighted by atomic mass is 10.1. The normalized spacial score (nSPS) is 13.8. The summed E-state index contributed by atoms with van der Waals surface area (Å²) < 4.78 is 14.5. The number of nitrogens with zero attached hydrogens (tertiary/aromatic N) is 1. The summed E-state index contributed by atoms with van der Waals surface area (Å²) >= 11 is 7.11. The third kappa shape index (κ3) is 4.22. The Bertz CT molecular complexity index is 1190. The smallest absolute Gasteiger partial charge is 0.283 e. The van der Waals surface area contributed by atoms with Crippen LogP contribution in [-0.2, 0) is 16.0 Å². The van der Waals surface area contributed by atoms with Crippen LogP contribution in [0.15, 0.2) is 88.3 Å². The quantitative estimate of drug-likeness (QED) is 0.464. The van der Waals surface area contributed by atoms with Crippen molar-refractivity contribution in [1.82, 2.24) is 0 Å². The van der Waals surface area contributed by atoms with Crippen LogP contribution in [0.25, 0.3) is 0 Å². The van der Waals surface area contributed by atoms with E-state index >= 15 is 0 Å². The minimum Gasteiger partial charge on any atom is -0.350 e. The average Bonchev–Trinajstić information content (AvgIpc) is 3.00. The lowest BCUT2D eigenvalue weighted by Gasteiger charge is -2.16. The molecule has 4 nitrogen and oxygen atoms in total. The lowest BCUT2D eigenvalue weighted by Crippen LogP contribution is -2.33. The summed E-state index contributed by atoms with van der Waals surface area (Å²) in [6, 6.07) is 20.2. The van der Waals surface area contributed by atoms with E-state index < -0.39 is 17.6 Å². The van der Waals surface area contributed by atoms with Gasteiger partial charge >= 0.3 is 0 Å². The number of carbonyl (C=O) groups excluding carboxylic acids is 2. The average molecular weight is 453 g/mol. The zero-order valence-electron chi connectivity index (χ0n) is 16.6. The summed E-state index contributed by atoms with van der Waals surface area (Å²) in [5.41, 5.74) is 1.77. The molecule has 0 aromatic heterocycles. The molecule has 2 amide bonds. The number of aryl methyl sites for hydroxylation is 1. The van der Waals surface area contributed by atoms with E-state index in [4.69, 9.17) is 11.6 Å². The molecule has 0 spiro atoms. The SMILES string of the molecule is CCc1ccccc1NC1=C(Sc2ccc(Cl)cc2)C(=O)N(c2ccccc2F)C1=O. The number of hydrogen-bond donors (Lipinski definition) is 1. The van der Waals surface area contributed by atoms with E-state index in [1.807, 2.05) is 31.2 Å². The molecular weight excluding hydrogens is 435 g/mol. The summed E-state index contributed by atoms with van der Waals surface area (Å²) in [5, 5.41) is 3.70. The molecule has 0 radical (unpaired) electrons. The largest absolute Gasteiger partial charge is 0.350 e. The first-order valence-electron chi connectivity index (χ1n) is 9.65. The summed E-state index contributed by atoms with van der Waals surface area (Å²) in [6.45, 7) is 2.01. The maximum absolute atomic E-state index is 14.5. The minimum atomic E-state index is -0.643. The van der Waals surface area contributed by atoms with Gasteiger partial charge in [0.25, 0.3) is 11.8 Å². The van der Waals surface area contributed by atoms with Crippen LogP contribution in [0.5, 0.6) is 0 Å². The van der Waals surface area contributed by atoms with Crippen molar-refractivity contribution in [3.05, 3.63) is 99.8 Å². The first-order valence-corrected chi connectivity index (χ1v) is 10.8. The molecule has 7 heteroatoms. The van der Waals surface area contributed by atoms with E-state index in [0.717, 1.165) is 39.2 Å². The van der Waals surface area contributed by atoms with E-state index in [2.05, 4.69) is 5.32 Å². The number of para-hydroxylation sites is 2. The summed E-state index contributed by atoms with van der Waals surface area (Å²) in [7, 11) is 0. The van der Waals surface area contributed by atoms with Crippen molar-refractivity contribution in [2.45, 2.75) is 18.2 Å². The number of halogens is 2. The number of hydrogen-bond acceptors (Lipinski definition) is 4. The lowest BCUT2D eigenvalue weighted by molar-refractivity contribution is -0.120. The van der Waals surface area contributed by atoms with E-state index in [1.165, 1.54) is 18.2 Å². The molecule has 0 fully saturated rings. The predicted molar refractivity (Wildman–Crippen MR) is 123 cm³/mol. The van der Waals surface area contributed by atoms with Gasteiger partial charge in [0.2, 0.25) is 0 Å². The first-order chi connectivity index (χ1) is 15.0. The van der Waals surface area contributed by atoms with Crippen molar-refractivity contribution < 1.29 is 14.0 Å². The Morgan fingerprint density at radius 3 is 2.32 bits per heavy atom. The molecule has 3 aromatic carbocycles. The van der Waals surface area contributed by atoms with Crippen LogP contribution >= 0.6 is 23.4 Å². The Morgan fingerprint density at radius 1 is 0.935 bits per heavy atom. The van der Waals surface area contributed by atoms with Crippen LogP contribution in [-0.4, -0.2) is 11.8 Å². The molecule has 0 saturated carbocycles. The standard InChI is InChI=1S/C24H18ClFN2O2S/c1-2-15-7-3-5-9-19(15)27-21-22(31-17-13-11-16(25)12-14-17)24(30)28(23(21)29)20-10-6-4-8-18(20)26/h3-14,27H,2H2,1H3. The maximum atomic E-state index is 14.5. The van der Waals surface area contributed by atoms with Crippen molar-refractivity contribution >= 4 is 46.6 Å². The minimum absolute atomic E-state index is 0.0766. The third-order valence-corrected chi connectivity index (χ3v) is 6.17. The molecule has 0 bridgehead atoms. The highest BCUT2D eigenvalue weighted by Crippen LogP contribution is 2.39. The molecule has 1 aliphatic heterocycles. The Kier molecular flexibility index (Phi) is 6.11. The molecule has 1 N–H and O–H groups in total. The first kappa shape index (κ1) is 21.2. The molecule has 4 rings (SSSR count). The Balaban J connectivity index is 1.78. The molecule has 0 atom stereocenters. The third-order valence-electron chi connectivity index (χ3n) is 4.83. The summed E-state index contributed by atoms with van der Waals surface area (Å²) in [6.07, 6.45) is 0.745. The van der Waals surface area contributed by atoms with Crippen LogP contribution < -0.4 is 10.2 Å². The van der Waals surface area contributed by atoms with E-state index in [1.54, 1.807) is 30.3 Å². The van der Waals surface area contributed by atoms with Gasteiger partial charge in [0.15, 0.2) is 0 Å². The fourth-order valence-electron chi connectivity index (χ4n) is 3.27. The van der Waals surface area contributed by atoms with Gasteiger partial charge in [-0.05, 0) is 54.4 Å². The van der Waals surface area contributed by atoms with Gasteiger partial charge in [-0.25, -0.2) is 9.29 Å². The predicted octanol–water partition coefficient (Wildman–Crippen LogP) is 6.03. The number of amides is 2. The van der Waals surface area contributed by atoms with Crippen molar-refractivity contribution in [3.8, 4) is 0 Å². The van der Waals surface area contributed by atoms with Gasteiger partial charge in [0, 0.05) is 15.6 Å². The molecule has 1 aliphatic rings. The molecule has 0 aliphatic carbocycles. The molecular formula is C24H18ClFN2O2S. The van der Waals surface area contributed by atoms with E-state index in [9.17, 15) is 14.0 Å². The molecule has 0 unspecified atom stereocenters. The highest BCUT2D eigenvalue weighted by molar-refractivity contribution is 8.04. The number of anilines is 2. The highest BCUT2D eigenvalue weighted by Gasteiger charge is 2.41. The van der Waals surface area contributed by atoms with Crippen molar-refractivity contribution in [3.63, 3.8) is 0 Å². The molecule has 0 saturated heterocycles. The van der Waals surface area contributed by atoms with Gasteiger partial charge in [-0.1, -0.05) is 60.6 Å². The van der Waals surface area contributed by atoms with Gasteiger partial charge in [-0.3, -0.25) is 9.59 Å². The van der Waals surface area contributed by atoms with Crippen LogP contribution in [0.1, 0.15) is 12.5 Å². The maximum Gasteiger partial charge on any atom is 0.283 e. The second-order valence-corrected chi connectivity index (χ2v) is 8.31. The van der Waals surface area contributed by atoms with Crippen LogP contribution in [0.3, 0.4) is 0 Å². The van der Waals surface area contributed by atoms with Gasteiger partial charge in [0.05, 0.1) is 5.69 Å². The van der Waals surface area contributed by atoms with Crippen molar-refractivity contribution in [2.24, 2.45) is 0 Å². The van der Waals surface area contributed by atoms with Gasteiger partial charge < -0.3 is 5.32 Å². The summed E-state index contributed by atoms with van der Waals surface area (Å²) in [4.78, 5) is 28.4. The number of carbonyl (C=O) groups is 2. The second kappa shape index (κ2) is 8.96. The summed E-state index contributed by atoms with van der Waals surface area (Å²) in [5.74, 6) is -1.82. The van der Waals surface area contributed by atoms with Gasteiger partial charge in [-0.2, -0.15) is 0 Å². The molecule has 1 heterocycles. The number of nitrogens with one attached hydrogen (secondary N) is 1. The topological polar surface area (TPSA) is 49.4 Å². The number of imide groups is 1. The monoisotopic (exact) mass is 452 g/mol. The van der Waals surface area contributed by atoms with E-state index in [-0.39, 0.29) is 16.3 Å². The number of thioether (sulfide) groups is 1. The van der Waals surface area contributed by atoms with Gasteiger partial charge in [0.1, 0.15) is 16.4 Å². The fourth-order valence-corrected chi connectivity index (χ4v) is 4.32. The zero-order valence-corrected chi connectivity index (χ0v) is 18.1. The second-order valence-electron chi connectivity index (χ2n) is 6.79. The molecule has 3 aromatic rings. The molecule has 31 heavy (non-hydrogen) atoms. The van der Waals surface area contributed by atoms with Crippen molar-refractivity contribution in [2.75, 3.05) is 10.2 Å². The number of benzene rings is 3.